The zero-order chi connectivity index (χ0) is 17.3. The first-order chi connectivity index (χ1) is 11.5. The maximum absolute atomic E-state index is 13.3. The van der Waals surface area contributed by atoms with Gasteiger partial charge in [0.2, 0.25) is 0 Å². The summed E-state index contributed by atoms with van der Waals surface area (Å²) in [6, 6.07) is 15.2. The molecular weight excluding hydrogens is 355 g/mol. The molecule has 0 aliphatic heterocycles. The number of aromatic nitrogens is 2. The molecule has 7 heteroatoms. The van der Waals surface area contributed by atoms with Crippen molar-refractivity contribution >= 4 is 23.2 Å². The van der Waals surface area contributed by atoms with Gasteiger partial charge in [-0.05, 0) is 24.3 Å². The molecule has 0 amide bonds. The highest BCUT2D eigenvalue weighted by molar-refractivity contribution is 6.42. The van der Waals surface area contributed by atoms with Crippen LogP contribution in [0.1, 0.15) is 17.7 Å². The second-order valence-corrected chi connectivity index (χ2v) is 5.71. The molecule has 0 fully saturated rings. The number of benzene rings is 2. The van der Waals surface area contributed by atoms with Crippen LogP contribution in [0.2, 0.25) is 10.0 Å². The fourth-order valence-corrected chi connectivity index (χ4v) is 2.66. The second kappa shape index (κ2) is 6.60. The van der Waals surface area contributed by atoms with E-state index in [1.54, 1.807) is 42.5 Å². The molecule has 1 aromatic heterocycles. The van der Waals surface area contributed by atoms with E-state index in [0.717, 1.165) is 0 Å². The molecular formula is C17H9Cl2F2N3. The Hall–Kier alpha value is -2.42. The molecule has 0 atom stereocenters. The Balaban J connectivity index is 2.33. The van der Waals surface area contributed by atoms with Crippen LogP contribution in [0.3, 0.4) is 0 Å². The summed E-state index contributed by atoms with van der Waals surface area (Å²) in [5, 5.41) is 13.9. The van der Waals surface area contributed by atoms with Gasteiger partial charge in [0.05, 0.1) is 21.4 Å². The summed E-state index contributed by atoms with van der Waals surface area (Å²) in [7, 11) is 0. The van der Waals surface area contributed by atoms with Gasteiger partial charge in [-0.25, -0.2) is 13.5 Å². The molecule has 0 unspecified atom stereocenters. The first kappa shape index (κ1) is 16.4. The van der Waals surface area contributed by atoms with Crippen LogP contribution in [0.25, 0.3) is 16.9 Å². The lowest BCUT2D eigenvalue weighted by atomic mass is 10.1. The Bertz CT molecular complexity index is 931. The van der Waals surface area contributed by atoms with Crippen molar-refractivity contribution in [3.8, 4) is 23.0 Å². The SMILES string of the molecule is N#Cc1c(C(F)F)nn(-c2ccccc2)c1-c1ccc(Cl)c(Cl)c1. The molecule has 0 bridgehead atoms. The Morgan fingerprint density at radius 1 is 1.04 bits per heavy atom. The van der Waals surface area contributed by atoms with Gasteiger partial charge >= 0.3 is 0 Å². The zero-order valence-corrected chi connectivity index (χ0v) is 13.6. The molecule has 1 heterocycles. The minimum absolute atomic E-state index is 0.188. The highest BCUT2D eigenvalue weighted by Gasteiger charge is 2.26. The highest BCUT2D eigenvalue weighted by Crippen LogP contribution is 2.35. The van der Waals surface area contributed by atoms with Gasteiger partial charge in [-0.15, -0.1) is 0 Å². The lowest BCUT2D eigenvalue weighted by Crippen LogP contribution is -1.99. The van der Waals surface area contributed by atoms with Crippen LogP contribution in [-0.2, 0) is 0 Å². The van der Waals surface area contributed by atoms with Crippen molar-refractivity contribution in [3.05, 3.63) is 69.8 Å². The fourth-order valence-electron chi connectivity index (χ4n) is 2.36. The number of halogens is 4. The van der Waals surface area contributed by atoms with Crippen LogP contribution in [0, 0.1) is 11.3 Å². The van der Waals surface area contributed by atoms with Crippen molar-refractivity contribution in [2.45, 2.75) is 6.43 Å². The predicted octanol–water partition coefficient (Wildman–Crippen LogP) is 5.66. The van der Waals surface area contributed by atoms with Crippen LogP contribution >= 0.6 is 23.2 Å². The normalized spacial score (nSPS) is 10.8. The molecule has 0 aliphatic rings. The Morgan fingerprint density at radius 2 is 1.75 bits per heavy atom. The van der Waals surface area contributed by atoms with Crippen molar-refractivity contribution < 1.29 is 8.78 Å². The molecule has 0 N–H and O–H groups in total. The van der Waals surface area contributed by atoms with E-state index in [1.807, 2.05) is 6.07 Å². The molecule has 3 rings (SSSR count). The summed E-state index contributed by atoms with van der Waals surface area (Å²) in [4.78, 5) is 0. The third kappa shape index (κ3) is 2.86. The van der Waals surface area contributed by atoms with Gasteiger partial charge in [0, 0.05) is 5.56 Å². The van der Waals surface area contributed by atoms with Gasteiger partial charge in [0.1, 0.15) is 17.3 Å². The molecule has 0 radical (unpaired) electrons. The van der Waals surface area contributed by atoms with Gasteiger partial charge in [0.25, 0.3) is 6.43 Å². The molecule has 2 aromatic carbocycles. The predicted molar refractivity (Wildman–Crippen MR) is 88.7 cm³/mol. The maximum atomic E-state index is 13.3. The average molecular weight is 364 g/mol. The zero-order valence-electron chi connectivity index (χ0n) is 12.0. The quantitative estimate of drug-likeness (QED) is 0.602. The summed E-state index contributed by atoms with van der Waals surface area (Å²) in [6.07, 6.45) is -2.87. The van der Waals surface area contributed by atoms with E-state index in [4.69, 9.17) is 23.2 Å². The lowest BCUT2D eigenvalue weighted by molar-refractivity contribution is 0.145. The summed E-state index contributed by atoms with van der Waals surface area (Å²) in [5.41, 5.74) is 0.526. The standard InChI is InChI=1S/C17H9Cl2F2N3/c18-13-7-6-10(8-14(13)19)16-12(9-22)15(17(20)21)23-24(16)11-4-2-1-3-5-11/h1-8,17H. The van der Waals surface area contributed by atoms with E-state index < -0.39 is 12.1 Å². The molecule has 0 spiro atoms. The van der Waals surface area contributed by atoms with Gasteiger partial charge in [-0.1, -0.05) is 47.5 Å². The number of rotatable bonds is 3. The van der Waals surface area contributed by atoms with Crippen molar-refractivity contribution in [2.24, 2.45) is 0 Å². The van der Waals surface area contributed by atoms with E-state index >= 15 is 0 Å². The van der Waals surface area contributed by atoms with E-state index in [0.29, 0.717) is 16.3 Å². The van der Waals surface area contributed by atoms with Crippen molar-refractivity contribution in [3.63, 3.8) is 0 Å². The number of hydrogen-bond acceptors (Lipinski definition) is 2. The first-order valence-electron chi connectivity index (χ1n) is 6.85. The van der Waals surface area contributed by atoms with Gasteiger partial charge < -0.3 is 0 Å². The smallest absolute Gasteiger partial charge is 0.231 e. The number of para-hydroxylation sites is 1. The van der Waals surface area contributed by atoms with Gasteiger partial charge in [0.15, 0.2) is 0 Å². The van der Waals surface area contributed by atoms with Gasteiger partial charge in [-0.3, -0.25) is 0 Å². The third-order valence-electron chi connectivity index (χ3n) is 3.42. The molecule has 0 saturated carbocycles. The highest BCUT2D eigenvalue weighted by atomic mass is 35.5. The first-order valence-corrected chi connectivity index (χ1v) is 7.60. The Labute approximate surface area is 146 Å². The largest absolute Gasteiger partial charge is 0.283 e. The molecule has 3 aromatic rings. The van der Waals surface area contributed by atoms with Gasteiger partial charge in [-0.2, -0.15) is 10.4 Å². The summed E-state index contributed by atoms with van der Waals surface area (Å²) in [5.74, 6) is 0. The second-order valence-electron chi connectivity index (χ2n) is 4.90. The van der Waals surface area contributed by atoms with Crippen molar-refractivity contribution in [2.75, 3.05) is 0 Å². The molecule has 0 saturated heterocycles. The summed E-state index contributed by atoms with van der Waals surface area (Å²) >= 11 is 11.9. The van der Waals surface area contributed by atoms with E-state index in [1.165, 1.54) is 10.7 Å². The minimum atomic E-state index is -2.87. The van der Waals surface area contributed by atoms with Crippen LogP contribution in [-0.4, -0.2) is 9.78 Å². The van der Waals surface area contributed by atoms with E-state index in [9.17, 15) is 14.0 Å². The number of nitriles is 1. The van der Waals surface area contributed by atoms with Crippen LogP contribution in [0.15, 0.2) is 48.5 Å². The van der Waals surface area contributed by atoms with Crippen molar-refractivity contribution in [1.29, 1.82) is 5.26 Å². The minimum Gasteiger partial charge on any atom is -0.231 e. The Kier molecular flexibility index (Phi) is 4.52. The van der Waals surface area contributed by atoms with Crippen molar-refractivity contribution in [1.82, 2.24) is 9.78 Å². The molecule has 0 aliphatic carbocycles. The summed E-state index contributed by atoms with van der Waals surface area (Å²) < 4.78 is 27.9. The third-order valence-corrected chi connectivity index (χ3v) is 4.16. The Morgan fingerprint density at radius 3 is 2.33 bits per heavy atom. The van der Waals surface area contributed by atoms with E-state index in [-0.39, 0.29) is 16.3 Å². The van der Waals surface area contributed by atoms with Crippen LogP contribution in [0.4, 0.5) is 8.78 Å². The topological polar surface area (TPSA) is 41.6 Å². The number of alkyl halides is 2. The molecule has 3 nitrogen and oxygen atoms in total. The average Bonchev–Trinajstić information content (AvgIpc) is 2.98. The monoisotopic (exact) mass is 363 g/mol. The lowest BCUT2D eigenvalue weighted by Gasteiger charge is -2.09. The summed E-state index contributed by atoms with van der Waals surface area (Å²) in [6.45, 7) is 0. The molecule has 120 valence electrons. The maximum Gasteiger partial charge on any atom is 0.283 e. The number of hydrogen-bond donors (Lipinski definition) is 0. The number of nitrogens with zero attached hydrogens (tertiary/aromatic N) is 3. The fraction of sp³-hybridized carbons (Fsp3) is 0.0588. The van der Waals surface area contributed by atoms with Crippen LogP contribution in [0.5, 0.6) is 0 Å². The van der Waals surface area contributed by atoms with E-state index in [2.05, 4.69) is 5.10 Å². The molecule has 24 heavy (non-hydrogen) atoms. The van der Waals surface area contributed by atoms with Crippen LogP contribution < -0.4 is 0 Å².